The Hall–Kier alpha value is -0.810. The molecule has 100 valence electrons. The summed E-state index contributed by atoms with van der Waals surface area (Å²) >= 11 is 6.63. The highest BCUT2D eigenvalue weighted by Crippen LogP contribution is 2.30. The van der Waals surface area contributed by atoms with Gasteiger partial charge in [-0.25, -0.2) is 13.2 Å². The van der Waals surface area contributed by atoms with E-state index in [4.69, 9.17) is 0 Å². The van der Waals surface area contributed by atoms with Gasteiger partial charge in [0.05, 0.1) is 0 Å². The van der Waals surface area contributed by atoms with Crippen LogP contribution in [0, 0.1) is 17.5 Å². The summed E-state index contributed by atoms with van der Waals surface area (Å²) in [6, 6.07) is 8.98. The second-order valence-corrected chi connectivity index (χ2v) is 6.11. The third-order valence-corrected chi connectivity index (χ3v) is 4.05. The molecule has 0 saturated carbocycles. The molecule has 0 aliphatic heterocycles. The van der Waals surface area contributed by atoms with Crippen molar-refractivity contribution in [3.8, 4) is 0 Å². The Morgan fingerprint density at radius 1 is 0.895 bits per heavy atom. The zero-order valence-corrected chi connectivity index (χ0v) is 12.8. The quantitative estimate of drug-likeness (QED) is 0.474. The largest absolute Gasteiger partial charge is 0.207 e. The molecule has 2 aromatic rings. The van der Waals surface area contributed by atoms with Gasteiger partial charge in [-0.3, -0.25) is 0 Å². The number of hydrogen-bond donors (Lipinski definition) is 0. The zero-order chi connectivity index (χ0) is 14.0. The van der Waals surface area contributed by atoms with E-state index in [1.54, 1.807) is 0 Å². The average Bonchev–Trinajstić information content (AvgIpc) is 2.36. The first-order valence-electron chi connectivity index (χ1n) is 5.50. The van der Waals surface area contributed by atoms with Crippen molar-refractivity contribution in [2.45, 2.75) is 11.2 Å². The molecule has 1 atom stereocenters. The molecule has 0 spiro atoms. The average molecular weight is 394 g/mol. The van der Waals surface area contributed by atoms with E-state index in [-0.39, 0.29) is 5.56 Å². The fraction of sp³-hybridized carbons (Fsp3) is 0.143. The highest BCUT2D eigenvalue weighted by atomic mass is 79.9. The lowest BCUT2D eigenvalue weighted by molar-refractivity contribution is 0.489. The third kappa shape index (κ3) is 3.60. The van der Waals surface area contributed by atoms with Gasteiger partial charge in [0.2, 0.25) is 0 Å². The van der Waals surface area contributed by atoms with Crippen molar-refractivity contribution in [2.24, 2.45) is 0 Å². The summed E-state index contributed by atoms with van der Waals surface area (Å²) in [5.41, 5.74) is 1.08. The van der Waals surface area contributed by atoms with Gasteiger partial charge in [-0.15, -0.1) is 0 Å². The number of rotatable bonds is 3. The van der Waals surface area contributed by atoms with Gasteiger partial charge in [0, 0.05) is 20.9 Å². The first kappa shape index (κ1) is 14.6. The summed E-state index contributed by atoms with van der Waals surface area (Å²) in [7, 11) is 0. The molecular formula is C14H9Br2F3. The standard InChI is InChI=1S/C14H9Br2F3/c15-9-3-1-8(2-4-9)5-11(16)10-6-13(18)14(19)7-12(10)17/h1-4,6-7,11H,5H2. The van der Waals surface area contributed by atoms with E-state index in [0.717, 1.165) is 16.1 Å². The van der Waals surface area contributed by atoms with Crippen molar-refractivity contribution in [3.63, 3.8) is 0 Å². The van der Waals surface area contributed by atoms with E-state index in [9.17, 15) is 13.2 Å². The Morgan fingerprint density at radius 2 is 1.47 bits per heavy atom. The fourth-order valence-electron chi connectivity index (χ4n) is 1.72. The molecule has 0 aliphatic rings. The number of hydrogen-bond acceptors (Lipinski definition) is 0. The van der Waals surface area contributed by atoms with Crippen molar-refractivity contribution >= 4 is 31.9 Å². The molecule has 19 heavy (non-hydrogen) atoms. The number of halogens is 5. The molecule has 0 heterocycles. The van der Waals surface area contributed by atoms with E-state index in [0.29, 0.717) is 12.5 Å². The van der Waals surface area contributed by atoms with Gasteiger partial charge in [0.1, 0.15) is 5.82 Å². The van der Waals surface area contributed by atoms with Crippen LogP contribution in [0.3, 0.4) is 0 Å². The Bertz CT molecular complexity index is 582. The van der Waals surface area contributed by atoms with Crippen LogP contribution in [-0.4, -0.2) is 0 Å². The van der Waals surface area contributed by atoms with E-state index >= 15 is 0 Å². The van der Waals surface area contributed by atoms with Crippen LogP contribution in [0.2, 0.25) is 0 Å². The summed E-state index contributed by atoms with van der Waals surface area (Å²) in [4.78, 5) is -0.413. The van der Waals surface area contributed by atoms with Crippen LogP contribution >= 0.6 is 31.9 Å². The second-order valence-electron chi connectivity index (χ2n) is 4.09. The van der Waals surface area contributed by atoms with E-state index in [2.05, 4.69) is 31.9 Å². The highest BCUT2D eigenvalue weighted by molar-refractivity contribution is 9.10. The normalized spacial score (nSPS) is 12.5. The monoisotopic (exact) mass is 392 g/mol. The number of alkyl halides is 1. The summed E-state index contributed by atoms with van der Waals surface area (Å²) < 4.78 is 40.6. The third-order valence-electron chi connectivity index (χ3n) is 2.71. The van der Waals surface area contributed by atoms with Gasteiger partial charge < -0.3 is 0 Å². The molecule has 0 amide bonds. The van der Waals surface area contributed by atoms with E-state index < -0.39 is 22.3 Å². The van der Waals surface area contributed by atoms with Gasteiger partial charge >= 0.3 is 0 Å². The maximum absolute atomic E-state index is 13.6. The molecular weight excluding hydrogens is 385 g/mol. The molecule has 5 heteroatoms. The lowest BCUT2D eigenvalue weighted by Crippen LogP contribution is -2.01. The van der Waals surface area contributed by atoms with E-state index in [1.165, 1.54) is 0 Å². The topological polar surface area (TPSA) is 0 Å². The van der Waals surface area contributed by atoms with Crippen LogP contribution < -0.4 is 0 Å². The number of benzene rings is 2. The van der Waals surface area contributed by atoms with Gasteiger partial charge in [-0.05, 0) is 30.2 Å². The molecule has 0 nitrogen and oxygen atoms in total. The van der Waals surface area contributed by atoms with E-state index in [1.807, 2.05) is 24.3 Å². The maximum atomic E-state index is 13.6. The predicted molar refractivity (Wildman–Crippen MR) is 75.8 cm³/mol. The minimum absolute atomic E-state index is 0.113. The molecule has 0 aromatic heterocycles. The van der Waals surface area contributed by atoms with Gasteiger partial charge in [0.25, 0.3) is 0 Å². The first-order chi connectivity index (χ1) is 8.97. The van der Waals surface area contributed by atoms with Gasteiger partial charge in [-0.1, -0.05) is 44.0 Å². The SMILES string of the molecule is Fc1cc(F)c(C(Br)Cc2ccc(Br)cc2)cc1F. The Balaban J connectivity index is 2.22. The summed E-state index contributed by atoms with van der Waals surface area (Å²) in [6.07, 6.45) is 0.481. The summed E-state index contributed by atoms with van der Waals surface area (Å²) in [5.74, 6) is -2.97. The van der Waals surface area contributed by atoms with Gasteiger partial charge in [0.15, 0.2) is 11.6 Å². The molecule has 0 fully saturated rings. The minimum atomic E-state index is -1.18. The molecule has 2 aromatic carbocycles. The zero-order valence-electron chi connectivity index (χ0n) is 9.64. The van der Waals surface area contributed by atoms with Crippen LogP contribution in [0.5, 0.6) is 0 Å². The van der Waals surface area contributed by atoms with Crippen LogP contribution in [0.25, 0.3) is 0 Å². The first-order valence-corrected chi connectivity index (χ1v) is 7.21. The van der Waals surface area contributed by atoms with Crippen molar-refractivity contribution in [1.82, 2.24) is 0 Å². The lowest BCUT2D eigenvalue weighted by Gasteiger charge is -2.12. The molecule has 2 rings (SSSR count). The maximum Gasteiger partial charge on any atom is 0.161 e. The molecule has 0 N–H and O–H groups in total. The predicted octanol–water partition coefficient (Wildman–Crippen LogP) is 5.55. The van der Waals surface area contributed by atoms with Crippen molar-refractivity contribution in [1.29, 1.82) is 0 Å². The lowest BCUT2D eigenvalue weighted by atomic mass is 10.0. The van der Waals surface area contributed by atoms with Gasteiger partial charge in [-0.2, -0.15) is 0 Å². The molecule has 0 bridgehead atoms. The van der Waals surface area contributed by atoms with Crippen LogP contribution in [-0.2, 0) is 6.42 Å². The molecule has 0 saturated heterocycles. The molecule has 0 radical (unpaired) electrons. The summed E-state index contributed by atoms with van der Waals surface area (Å²) in [6.45, 7) is 0. The van der Waals surface area contributed by atoms with Crippen LogP contribution in [0.1, 0.15) is 16.0 Å². The van der Waals surface area contributed by atoms with Crippen molar-refractivity contribution < 1.29 is 13.2 Å². The Kier molecular flexibility index (Phi) is 4.68. The second kappa shape index (κ2) is 6.09. The Labute approximate surface area is 125 Å². The highest BCUT2D eigenvalue weighted by Gasteiger charge is 2.17. The van der Waals surface area contributed by atoms with Crippen LogP contribution in [0.15, 0.2) is 40.9 Å². The molecule has 0 aliphatic carbocycles. The van der Waals surface area contributed by atoms with Crippen LogP contribution in [0.4, 0.5) is 13.2 Å². The fourth-order valence-corrected chi connectivity index (χ4v) is 2.70. The Morgan fingerprint density at radius 3 is 2.11 bits per heavy atom. The van der Waals surface area contributed by atoms with Crippen molar-refractivity contribution in [3.05, 3.63) is 69.4 Å². The minimum Gasteiger partial charge on any atom is -0.207 e. The molecule has 1 unspecified atom stereocenters. The summed E-state index contributed by atoms with van der Waals surface area (Å²) in [5, 5.41) is 0. The smallest absolute Gasteiger partial charge is 0.161 e. The van der Waals surface area contributed by atoms with Crippen molar-refractivity contribution in [2.75, 3.05) is 0 Å².